The molecule has 0 N–H and O–H groups in total. The molecule has 0 bridgehead atoms. The maximum absolute atomic E-state index is 4.52. The molecular weight excluding hydrogens is 404 g/mol. The van der Waals surface area contributed by atoms with Gasteiger partial charge in [-0.25, -0.2) is 4.68 Å². The quantitative estimate of drug-likeness (QED) is 0.560. The van der Waals surface area contributed by atoms with Crippen molar-refractivity contribution in [3.8, 4) is 0 Å². The van der Waals surface area contributed by atoms with Crippen molar-refractivity contribution in [2.24, 2.45) is 0 Å². The number of thiophene rings is 1. The summed E-state index contributed by atoms with van der Waals surface area (Å²) in [6, 6.07) is 15.9. The van der Waals surface area contributed by atoms with Gasteiger partial charge in [0.15, 0.2) is 5.82 Å². The molecule has 164 valence electrons. The second kappa shape index (κ2) is 10.0. The first-order valence-corrected chi connectivity index (χ1v) is 12.6. The number of tetrazole rings is 1. The van der Waals surface area contributed by atoms with E-state index in [0.29, 0.717) is 0 Å². The van der Waals surface area contributed by atoms with E-state index in [1.54, 1.807) is 0 Å². The largest absolute Gasteiger partial charge is 0.298 e. The van der Waals surface area contributed by atoms with Gasteiger partial charge in [0.05, 0.1) is 0 Å². The molecule has 1 saturated carbocycles. The first-order valence-electron chi connectivity index (χ1n) is 11.7. The molecule has 0 radical (unpaired) electrons. The minimum Gasteiger partial charge on any atom is -0.298 e. The van der Waals surface area contributed by atoms with Crippen molar-refractivity contribution in [2.45, 2.75) is 57.2 Å². The van der Waals surface area contributed by atoms with Crippen molar-refractivity contribution in [3.63, 3.8) is 0 Å². The third-order valence-electron chi connectivity index (χ3n) is 6.88. The topological polar surface area (TPSA) is 50.1 Å². The van der Waals surface area contributed by atoms with Crippen LogP contribution in [0.5, 0.6) is 0 Å². The predicted molar refractivity (Wildman–Crippen MR) is 124 cm³/mol. The van der Waals surface area contributed by atoms with E-state index in [-0.39, 0.29) is 6.04 Å². The Balaban J connectivity index is 1.31. The molecule has 6 nitrogen and oxygen atoms in total. The lowest BCUT2D eigenvalue weighted by Crippen LogP contribution is -2.51. The predicted octanol–water partition coefficient (Wildman–Crippen LogP) is 4.02. The fraction of sp³-hybridized carbons (Fsp3) is 0.542. The van der Waals surface area contributed by atoms with Crippen molar-refractivity contribution >= 4 is 11.3 Å². The van der Waals surface area contributed by atoms with Gasteiger partial charge < -0.3 is 0 Å². The fourth-order valence-electron chi connectivity index (χ4n) is 5.17. The SMILES string of the molecule is c1ccc(CCn2nnnc2[C@H](c2cccs2)N2CCN(C3CCCCC3)CC2)cc1. The summed E-state index contributed by atoms with van der Waals surface area (Å²) in [4.78, 5) is 6.66. The zero-order valence-electron chi connectivity index (χ0n) is 18.1. The minimum absolute atomic E-state index is 0.138. The molecular formula is C24H32N6S. The summed E-state index contributed by atoms with van der Waals surface area (Å²) in [6.07, 6.45) is 7.92. The highest BCUT2D eigenvalue weighted by atomic mass is 32.1. The molecule has 31 heavy (non-hydrogen) atoms. The van der Waals surface area contributed by atoms with E-state index in [1.807, 2.05) is 16.0 Å². The zero-order chi connectivity index (χ0) is 20.9. The molecule has 2 fully saturated rings. The van der Waals surface area contributed by atoms with E-state index in [1.165, 1.54) is 42.5 Å². The van der Waals surface area contributed by atoms with Crippen LogP contribution in [-0.4, -0.2) is 62.2 Å². The van der Waals surface area contributed by atoms with Crippen LogP contribution in [0, 0.1) is 0 Å². The summed E-state index contributed by atoms with van der Waals surface area (Å²) in [6.45, 7) is 5.25. The zero-order valence-corrected chi connectivity index (χ0v) is 19.0. The maximum atomic E-state index is 4.52. The van der Waals surface area contributed by atoms with E-state index >= 15 is 0 Å². The van der Waals surface area contributed by atoms with Crippen molar-refractivity contribution in [1.82, 2.24) is 30.0 Å². The Labute approximate surface area is 188 Å². The average molecular weight is 437 g/mol. The van der Waals surface area contributed by atoms with Crippen LogP contribution in [0.2, 0.25) is 0 Å². The average Bonchev–Trinajstić information content (AvgIpc) is 3.53. The van der Waals surface area contributed by atoms with Crippen LogP contribution in [0.4, 0.5) is 0 Å². The van der Waals surface area contributed by atoms with E-state index in [9.17, 15) is 0 Å². The lowest BCUT2D eigenvalue weighted by molar-refractivity contribution is 0.0627. The molecule has 1 aliphatic carbocycles. The molecule has 1 atom stereocenters. The van der Waals surface area contributed by atoms with Crippen LogP contribution >= 0.6 is 11.3 Å². The van der Waals surface area contributed by atoms with Gasteiger partial charge in [0.2, 0.25) is 0 Å². The van der Waals surface area contributed by atoms with Gasteiger partial charge in [0.1, 0.15) is 6.04 Å². The third-order valence-corrected chi connectivity index (χ3v) is 7.80. The number of hydrogen-bond donors (Lipinski definition) is 0. The molecule has 5 rings (SSSR count). The van der Waals surface area contributed by atoms with Gasteiger partial charge in [0.25, 0.3) is 0 Å². The van der Waals surface area contributed by atoms with Crippen LogP contribution in [0.1, 0.15) is 54.4 Å². The first-order chi connectivity index (χ1) is 15.4. The monoisotopic (exact) mass is 436 g/mol. The van der Waals surface area contributed by atoms with Gasteiger partial charge in [-0.3, -0.25) is 9.80 Å². The third kappa shape index (κ3) is 4.89. The summed E-state index contributed by atoms with van der Waals surface area (Å²) in [5.41, 5.74) is 1.32. The van der Waals surface area contributed by atoms with Crippen LogP contribution < -0.4 is 0 Å². The van der Waals surface area contributed by atoms with Crippen LogP contribution in [-0.2, 0) is 13.0 Å². The Kier molecular flexibility index (Phi) is 6.72. The molecule has 1 saturated heterocycles. The summed E-state index contributed by atoms with van der Waals surface area (Å²) < 4.78 is 2.02. The number of nitrogens with zero attached hydrogens (tertiary/aromatic N) is 6. The number of aryl methyl sites for hydroxylation is 2. The number of rotatable bonds is 7. The summed E-state index contributed by atoms with van der Waals surface area (Å²) >= 11 is 1.81. The highest BCUT2D eigenvalue weighted by molar-refractivity contribution is 7.10. The van der Waals surface area contributed by atoms with Gasteiger partial charge in [-0.2, -0.15) is 0 Å². The van der Waals surface area contributed by atoms with E-state index in [2.05, 4.69) is 73.2 Å². The molecule has 0 spiro atoms. The lowest BCUT2D eigenvalue weighted by Gasteiger charge is -2.42. The minimum atomic E-state index is 0.138. The van der Waals surface area contributed by atoms with Gasteiger partial charge >= 0.3 is 0 Å². The summed E-state index contributed by atoms with van der Waals surface area (Å²) in [5, 5.41) is 15.1. The Morgan fingerprint density at radius 3 is 2.48 bits per heavy atom. The Morgan fingerprint density at radius 2 is 1.74 bits per heavy atom. The Bertz CT molecular complexity index is 911. The van der Waals surface area contributed by atoms with Gasteiger partial charge in [-0.05, 0) is 46.7 Å². The van der Waals surface area contributed by atoms with Crippen molar-refractivity contribution in [3.05, 3.63) is 64.1 Å². The smallest absolute Gasteiger partial charge is 0.173 e. The second-order valence-electron chi connectivity index (χ2n) is 8.78. The highest BCUT2D eigenvalue weighted by Crippen LogP contribution is 2.32. The number of piperazine rings is 1. The molecule has 1 aliphatic heterocycles. The second-order valence-corrected chi connectivity index (χ2v) is 9.76. The normalized spacial score (nSPS) is 20.1. The molecule has 0 amide bonds. The molecule has 3 aromatic rings. The molecule has 2 aliphatic rings. The molecule has 2 aromatic heterocycles. The summed E-state index contributed by atoms with van der Waals surface area (Å²) in [7, 11) is 0. The standard InChI is InChI=1S/C24H32N6S/c1-3-8-20(9-4-1)13-14-30-24(25-26-27-30)23(22-12-7-19-31-22)29-17-15-28(16-18-29)21-10-5-2-6-11-21/h1,3-4,7-9,12,19,21,23H,2,5-6,10-11,13-18H2/t23-/m0/s1. The van der Waals surface area contributed by atoms with Crippen LogP contribution in [0.25, 0.3) is 0 Å². The fourth-order valence-corrected chi connectivity index (χ4v) is 6.03. The summed E-state index contributed by atoms with van der Waals surface area (Å²) in [5.74, 6) is 0.976. The van der Waals surface area contributed by atoms with Gasteiger partial charge in [-0.15, -0.1) is 16.4 Å². The molecule has 3 heterocycles. The van der Waals surface area contributed by atoms with E-state index in [0.717, 1.165) is 51.0 Å². The number of hydrogen-bond acceptors (Lipinski definition) is 6. The Morgan fingerprint density at radius 1 is 0.935 bits per heavy atom. The van der Waals surface area contributed by atoms with Gasteiger partial charge in [0, 0.05) is 43.6 Å². The lowest BCUT2D eigenvalue weighted by atomic mass is 9.93. The van der Waals surface area contributed by atoms with Crippen molar-refractivity contribution in [1.29, 1.82) is 0 Å². The van der Waals surface area contributed by atoms with E-state index in [4.69, 9.17) is 0 Å². The first kappa shape index (κ1) is 20.8. The Hall–Kier alpha value is -2.09. The molecule has 0 unspecified atom stereocenters. The molecule has 1 aromatic carbocycles. The van der Waals surface area contributed by atoms with Crippen molar-refractivity contribution < 1.29 is 0 Å². The van der Waals surface area contributed by atoms with Crippen LogP contribution in [0.15, 0.2) is 47.8 Å². The number of benzene rings is 1. The van der Waals surface area contributed by atoms with Crippen molar-refractivity contribution in [2.75, 3.05) is 26.2 Å². The number of aromatic nitrogens is 4. The highest BCUT2D eigenvalue weighted by Gasteiger charge is 2.33. The van der Waals surface area contributed by atoms with E-state index < -0.39 is 0 Å². The van der Waals surface area contributed by atoms with Gasteiger partial charge in [-0.1, -0.05) is 55.7 Å². The van der Waals surface area contributed by atoms with Crippen LogP contribution in [0.3, 0.4) is 0 Å². The maximum Gasteiger partial charge on any atom is 0.173 e. The molecule has 7 heteroatoms.